The van der Waals surface area contributed by atoms with Gasteiger partial charge in [-0.3, -0.25) is 0 Å². The van der Waals surface area contributed by atoms with Crippen LogP contribution in [-0.4, -0.2) is 29.2 Å². The third kappa shape index (κ3) is 4.37. The fourth-order valence-corrected chi connectivity index (χ4v) is 6.95. The van der Waals surface area contributed by atoms with Crippen molar-refractivity contribution in [3.63, 3.8) is 0 Å². The van der Waals surface area contributed by atoms with E-state index in [9.17, 15) is 4.79 Å². The monoisotopic (exact) mass is 513 g/mol. The minimum absolute atomic E-state index is 0.131. The van der Waals surface area contributed by atoms with Gasteiger partial charge in [0.25, 0.3) is 0 Å². The van der Waals surface area contributed by atoms with Crippen LogP contribution >= 0.6 is 11.3 Å². The maximum atomic E-state index is 14.0. The molecule has 6 rings (SSSR count). The summed E-state index contributed by atoms with van der Waals surface area (Å²) < 4.78 is 13.4. The molecule has 0 bridgehead atoms. The summed E-state index contributed by atoms with van der Waals surface area (Å²) in [5.74, 6) is 1.57. The Balaban J connectivity index is 1.45. The van der Waals surface area contributed by atoms with Crippen LogP contribution < -0.4 is 14.8 Å². The molecule has 0 saturated heterocycles. The van der Waals surface area contributed by atoms with E-state index in [2.05, 4.69) is 34.3 Å². The van der Waals surface area contributed by atoms with Crippen LogP contribution in [0, 0.1) is 0 Å². The van der Waals surface area contributed by atoms with Crippen molar-refractivity contribution in [3.05, 3.63) is 94.1 Å². The summed E-state index contributed by atoms with van der Waals surface area (Å²) >= 11 is 1.89. The molecule has 1 aliphatic carbocycles. The zero-order chi connectivity index (χ0) is 25.4. The first kappa shape index (κ1) is 23.7. The van der Waals surface area contributed by atoms with Gasteiger partial charge in [-0.25, -0.2) is 4.79 Å². The molecule has 7 heteroatoms. The lowest BCUT2D eigenvalue weighted by Gasteiger charge is -2.31. The van der Waals surface area contributed by atoms with Crippen LogP contribution in [0.15, 0.2) is 66.9 Å². The highest BCUT2D eigenvalue weighted by Gasteiger charge is 2.36. The average molecular weight is 514 g/mol. The van der Waals surface area contributed by atoms with Crippen LogP contribution in [0.2, 0.25) is 0 Å². The highest BCUT2D eigenvalue weighted by Crippen LogP contribution is 2.44. The number of carbonyl (C=O) groups is 1. The summed E-state index contributed by atoms with van der Waals surface area (Å²) in [7, 11) is 1.68. The molecule has 2 aromatic heterocycles. The van der Waals surface area contributed by atoms with E-state index < -0.39 is 0 Å². The molecule has 0 spiro atoms. The van der Waals surface area contributed by atoms with Crippen molar-refractivity contribution in [2.45, 2.75) is 45.2 Å². The Morgan fingerprint density at radius 1 is 1.03 bits per heavy atom. The number of nitrogens with zero attached hydrogens (tertiary/aromatic N) is 2. The summed E-state index contributed by atoms with van der Waals surface area (Å²) in [4.78, 5) is 17.5. The van der Waals surface area contributed by atoms with Crippen molar-refractivity contribution in [1.82, 2.24) is 9.47 Å². The number of aromatic nitrogens is 1. The number of methoxy groups -OCH3 is 1. The van der Waals surface area contributed by atoms with E-state index in [1.54, 1.807) is 7.11 Å². The lowest BCUT2D eigenvalue weighted by Crippen LogP contribution is -2.38. The molecule has 37 heavy (non-hydrogen) atoms. The molecule has 0 radical (unpaired) electrons. The predicted molar refractivity (Wildman–Crippen MR) is 147 cm³/mol. The summed E-state index contributed by atoms with van der Waals surface area (Å²) in [5.41, 5.74) is 5.56. The Bertz CT molecular complexity index is 1420. The molecule has 0 saturated carbocycles. The predicted octanol–water partition coefficient (Wildman–Crippen LogP) is 6.96. The van der Waals surface area contributed by atoms with Gasteiger partial charge in [-0.1, -0.05) is 12.1 Å². The number of nitrogens with one attached hydrogen (secondary N) is 1. The minimum Gasteiger partial charge on any atom is -0.497 e. The molecule has 1 aliphatic heterocycles. The van der Waals surface area contributed by atoms with Crippen LogP contribution in [0.4, 0.5) is 10.5 Å². The lowest BCUT2D eigenvalue weighted by molar-refractivity contribution is 0.194. The topological polar surface area (TPSA) is 55.7 Å². The maximum absolute atomic E-state index is 14.0. The molecule has 0 fully saturated rings. The molecule has 190 valence electrons. The molecule has 1 unspecified atom stereocenters. The van der Waals surface area contributed by atoms with Gasteiger partial charge in [-0.2, -0.15) is 0 Å². The van der Waals surface area contributed by atoms with E-state index in [1.807, 2.05) is 65.6 Å². The van der Waals surface area contributed by atoms with E-state index in [0.29, 0.717) is 13.2 Å². The first-order valence-corrected chi connectivity index (χ1v) is 13.7. The largest absolute Gasteiger partial charge is 0.497 e. The number of benzene rings is 2. The van der Waals surface area contributed by atoms with Crippen molar-refractivity contribution < 1.29 is 14.3 Å². The summed E-state index contributed by atoms with van der Waals surface area (Å²) in [6, 6.07) is 19.4. The molecular formula is C30H31N3O3S. The number of thiophene rings is 1. The third-order valence-electron chi connectivity index (χ3n) is 7.27. The van der Waals surface area contributed by atoms with Crippen molar-refractivity contribution in [2.24, 2.45) is 0 Å². The molecule has 2 amide bonds. The molecule has 3 heterocycles. The van der Waals surface area contributed by atoms with Crippen LogP contribution in [0.5, 0.6) is 11.5 Å². The quantitative estimate of drug-likeness (QED) is 0.314. The van der Waals surface area contributed by atoms with Crippen molar-refractivity contribution in [3.8, 4) is 16.5 Å². The lowest BCUT2D eigenvalue weighted by atomic mass is 9.95. The summed E-state index contributed by atoms with van der Waals surface area (Å²) in [6.45, 7) is 3.11. The molecule has 1 N–H and O–H groups in total. The number of rotatable bonds is 5. The first-order valence-electron chi connectivity index (χ1n) is 12.9. The van der Waals surface area contributed by atoms with Crippen LogP contribution in [0.25, 0.3) is 5.00 Å². The molecule has 2 aliphatic rings. The fraction of sp³-hybridized carbons (Fsp3) is 0.300. The molecule has 4 aromatic rings. The molecule has 2 aromatic carbocycles. The van der Waals surface area contributed by atoms with Gasteiger partial charge in [0.2, 0.25) is 0 Å². The Labute approximate surface area is 221 Å². The number of aryl methyl sites for hydroxylation is 1. The second kappa shape index (κ2) is 9.98. The SMILES string of the molecule is CCOc1ccc(NC(=O)N2Cc3c(sc4c3CCCC4)-n3cccc3C2c2cccc(OC)c2)cc1. The van der Waals surface area contributed by atoms with Gasteiger partial charge < -0.3 is 24.3 Å². The average Bonchev–Trinajstić information content (AvgIpc) is 3.52. The normalized spacial score (nSPS) is 16.3. The number of hydrogen-bond acceptors (Lipinski definition) is 4. The van der Waals surface area contributed by atoms with E-state index >= 15 is 0 Å². The number of hydrogen-bond donors (Lipinski definition) is 1. The number of amides is 2. The summed E-state index contributed by atoms with van der Waals surface area (Å²) in [5, 5.41) is 4.40. The van der Waals surface area contributed by atoms with Crippen LogP contribution in [0.3, 0.4) is 0 Å². The minimum atomic E-state index is -0.272. The number of ether oxygens (including phenoxy) is 2. The van der Waals surface area contributed by atoms with Gasteiger partial charge in [0.05, 0.1) is 32.0 Å². The van der Waals surface area contributed by atoms with Gasteiger partial charge in [-0.15, -0.1) is 11.3 Å². The highest BCUT2D eigenvalue weighted by molar-refractivity contribution is 7.15. The van der Waals surface area contributed by atoms with Gasteiger partial charge in [-0.05, 0) is 92.3 Å². The van der Waals surface area contributed by atoms with Crippen LogP contribution in [-0.2, 0) is 19.4 Å². The zero-order valence-corrected chi connectivity index (χ0v) is 22.0. The number of fused-ring (bicyclic) bond motifs is 5. The highest BCUT2D eigenvalue weighted by atomic mass is 32.1. The maximum Gasteiger partial charge on any atom is 0.322 e. The standard InChI is InChI=1S/C30H31N3O3S/c1-3-36-22-15-13-21(14-16-22)31-30(34)33-19-25-24-10-4-5-12-27(24)37-29(25)32-17-7-11-26(32)28(33)20-8-6-9-23(18-20)35-2/h6-9,11,13-18,28H,3-5,10,12,19H2,1-2H3,(H,31,34). The first-order chi connectivity index (χ1) is 18.2. The third-order valence-corrected chi connectivity index (χ3v) is 8.60. The smallest absolute Gasteiger partial charge is 0.322 e. The van der Waals surface area contributed by atoms with Crippen molar-refractivity contribution >= 4 is 23.1 Å². The van der Waals surface area contributed by atoms with Gasteiger partial charge in [0, 0.05) is 22.3 Å². The molecule has 6 nitrogen and oxygen atoms in total. The van der Waals surface area contributed by atoms with Gasteiger partial charge >= 0.3 is 6.03 Å². The Kier molecular flexibility index (Phi) is 6.38. The summed E-state index contributed by atoms with van der Waals surface area (Å²) in [6.07, 6.45) is 6.78. The second-order valence-electron chi connectivity index (χ2n) is 9.49. The van der Waals surface area contributed by atoms with Crippen LogP contribution in [0.1, 0.15) is 53.1 Å². The number of anilines is 1. The number of urea groups is 1. The molecular weight excluding hydrogens is 482 g/mol. The van der Waals surface area contributed by atoms with Crippen molar-refractivity contribution in [2.75, 3.05) is 19.0 Å². The van der Waals surface area contributed by atoms with Gasteiger partial charge in [0.1, 0.15) is 16.5 Å². The Morgan fingerprint density at radius 2 is 1.86 bits per heavy atom. The molecule has 1 atom stereocenters. The Hall–Kier alpha value is -3.71. The zero-order valence-electron chi connectivity index (χ0n) is 21.2. The number of carbonyl (C=O) groups excluding carboxylic acids is 1. The van der Waals surface area contributed by atoms with E-state index in [0.717, 1.165) is 41.3 Å². The van der Waals surface area contributed by atoms with E-state index in [1.165, 1.54) is 33.8 Å². The van der Waals surface area contributed by atoms with Gasteiger partial charge in [0.15, 0.2) is 0 Å². The second-order valence-corrected chi connectivity index (χ2v) is 10.6. The van der Waals surface area contributed by atoms with E-state index in [-0.39, 0.29) is 12.1 Å². The van der Waals surface area contributed by atoms with Crippen molar-refractivity contribution in [1.29, 1.82) is 0 Å². The Morgan fingerprint density at radius 3 is 2.68 bits per heavy atom. The van der Waals surface area contributed by atoms with E-state index in [4.69, 9.17) is 9.47 Å². The fourth-order valence-electron chi connectivity index (χ4n) is 5.55.